The maximum atomic E-state index is 13.4. The summed E-state index contributed by atoms with van der Waals surface area (Å²) in [5, 5.41) is 13.0. The van der Waals surface area contributed by atoms with E-state index in [1.54, 1.807) is 31.3 Å². The maximum absolute atomic E-state index is 13.4. The van der Waals surface area contributed by atoms with Crippen molar-refractivity contribution in [1.82, 2.24) is 15.3 Å². The van der Waals surface area contributed by atoms with Gasteiger partial charge in [0.1, 0.15) is 11.7 Å². The molecule has 1 atom stereocenters. The first kappa shape index (κ1) is 24.6. The lowest BCUT2D eigenvalue weighted by Crippen LogP contribution is -2.48. The molecule has 4 heterocycles. The second-order valence-electron chi connectivity index (χ2n) is 9.26. The van der Waals surface area contributed by atoms with Crippen molar-refractivity contribution in [3.8, 4) is 11.8 Å². The highest BCUT2D eigenvalue weighted by molar-refractivity contribution is 6.02. The van der Waals surface area contributed by atoms with Gasteiger partial charge in [-0.25, -0.2) is 4.98 Å². The average Bonchev–Trinajstić information content (AvgIpc) is 2.98. The molecule has 5 rings (SSSR count). The van der Waals surface area contributed by atoms with Crippen molar-refractivity contribution in [2.75, 3.05) is 25.2 Å². The molecule has 0 bridgehead atoms. The lowest BCUT2D eigenvalue weighted by molar-refractivity contribution is -0.140. The van der Waals surface area contributed by atoms with Gasteiger partial charge in [0.2, 0.25) is 11.9 Å². The number of hydrogen-bond acceptors (Lipinski definition) is 6. The van der Waals surface area contributed by atoms with E-state index in [-0.39, 0.29) is 24.8 Å². The number of benzene rings is 1. The Bertz CT molecular complexity index is 1430. The van der Waals surface area contributed by atoms with Crippen LogP contribution in [0.5, 0.6) is 0 Å². The van der Waals surface area contributed by atoms with E-state index in [0.717, 1.165) is 11.1 Å². The number of carbonyl (C=O) groups excluding carboxylic acids is 2. The summed E-state index contributed by atoms with van der Waals surface area (Å²) in [7, 11) is 1.67. The number of likely N-dealkylation sites (N-methyl/N-ethyl adjacent to an activating group) is 1. The molecule has 9 heteroatoms. The molecule has 1 fully saturated rings. The predicted molar refractivity (Wildman–Crippen MR) is 133 cm³/mol. The second kappa shape index (κ2) is 10.1. The Balaban J connectivity index is 1.29. The van der Waals surface area contributed by atoms with Gasteiger partial charge >= 0.3 is 0 Å². The summed E-state index contributed by atoms with van der Waals surface area (Å²) in [5.74, 6) is 4.51. The standard InChI is InChI=1S/C28H25FN4O4/c1-33-24-15-18(9-11-28(36)16-37-17-28)5-6-20(24)7-8-22(27(33)35)32-26(34)23-14-19(10-12-30-23)13-21-3-2-4-25(29)31-21/h2-6,10,12,14-15,22,36H,7-8,13,16-17H2,1H3,(H,32,34)/t22-/m1/s1. The SMILES string of the molecule is CN1C(=O)[C@H](NC(=O)c2cc(Cc3cccc(F)n3)ccn2)CCc2ccc(C#CC3(O)COC3)cc21. The molecule has 1 saturated heterocycles. The Labute approximate surface area is 213 Å². The number of aliphatic hydroxyl groups is 1. The van der Waals surface area contributed by atoms with Crippen molar-refractivity contribution < 1.29 is 23.8 Å². The number of halogens is 1. The highest BCUT2D eigenvalue weighted by Gasteiger charge is 2.34. The van der Waals surface area contributed by atoms with Crippen molar-refractivity contribution in [1.29, 1.82) is 0 Å². The zero-order valence-corrected chi connectivity index (χ0v) is 20.2. The van der Waals surface area contributed by atoms with Crippen LogP contribution in [0.3, 0.4) is 0 Å². The van der Waals surface area contributed by atoms with Gasteiger partial charge in [-0.15, -0.1) is 0 Å². The highest BCUT2D eigenvalue weighted by Crippen LogP contribution is 2.27. The number of ether oxygens (including phenoxy) is 1. The van der Waals surface area contributed by atoms with Crippen LogP contribution >= 0.6 is 0 Å². The minimum absolute atomic E-state index is 0.168. The number of hydrogen-bond donors (Lipinski definition) is 2. The number of amides is 2. The van der Waals surface area contributed by atoms with Crippen molar-refractivity contribution in [3.05, 3.63) is 88.8 Å². The third kappa shape index (κ3) is 5.50. The van der Waals surface area contributed by atoms with Crippen molar-refractivity contribution in [2.24, 2.45) is 0 Å². The van der Waals surface area contributed by atoms with Gasteiger partial charge in [0, 0.05) is 36.6 Å². The summed E-state index contributed by atoms with van der Waals surface area (Å²) >= 11 is 0. The minimum atomic E-state index is -1.12. The smallest absolute Gasteiger partial charge is 0.270 e. The van der Waals surface area contributed by atoms with E-state index in [1.807, 2.05) is 18.2 Å². The number of nitrogens with one attached hydrogen (secondary N) is 1. The van der Waals surface area contributed by atoms with Crippen LogP contribution < -0.4 is 10.2 Å². The fourth-order valence-corrected chi connectivity index (χ4v) is 4.33. The molecule has 0 aliphatic carbocycles. The number of nitrogens with zero attached hydrogens (tertiary/aromatic N) is 3. The molecule has 2 N–H and O–H groups in total. The van der Waals surface area contributed by atoms with E-state index in [9.17, 15) is 19.1 Å². The fourth-order valence-electron chi connectivity index (χ4n) is 4.33. The Morgan fingerprint density at radius 1 is 1.27 bits per heavy atom. The molecular weight excluding hydrogens is 475 g/mol. The second-order valence-corrected chi connectivity index (χ2v) is 9.26. The molecule has 0 spiro atoms. The summed E-state index contributed by atoms with van der Waals surface area (Å²) in [6.07, 6.45) is 2.86. The van der Waals surface area contributed by atoms with Crippen LogP contribution in [0.15, 0.2) is 54.7 Å². The Morgan fingerprint density at radius 3 is 2.86 bits per heavy atom. The lowest BCUT2D eigenvalue weighted by atomic mass is 10.0. The van der Waals surface area contributed by atoms with E-state index < -0.39 is 23.5 Å². The molecule has 8 nitrogen and oxygen atoms in total. The number of anilines is 1. The van der Waals surface area contributed by atoms with E-state index in [0.29, 0.717) is 36.2 Å². The van der Waals surface area contributed by atoms with Gasteiger partial charge in [-0.2, -0.15) is 4.39 Å². The van der Waals surface area contributed by atoms with Crippen LogP contribution in [0, 0.1) is 17.8 Å². The summed E-state index contributed by atoms with van der Waals surface area (Å²) in [6, 6.07) is 12.8. The van der Waals surface area contributed by atoms with E-state index in [2.05, 4.69) is 27.1 Å². The number of carbonyl (C=O) groups is 2. The molecule has 0 radical (unpaired) electrons. The van der Waals surface area contributed by atoms with Gasteiger partial charge in [0.25, 0.3) is 5.91 Å². The van der Waals surface area contributed by atoms with Gasteiger partial charge in [0.05, 0.1) is 13.2 Å². The van der Waals surface area contributed by atoms with Gasteiger partial charge in [-0.1, -0.05) is 24.0 Å². The van der Waals surface area contributed by atoms with Crippen molar-refractivity contribution in [3.63, 3.8) is 0 Å². The van der Waals surface area contributed by atoms with Crippen LogP contribution in [-0.4, -0.2) is 58.8 Å². The van der Waals surface area contributed by atoms with Crippen LogP contribution in [0.25, 0.3) is 0 Å². The monoisotopic (exact) mass is 500 g/mol. The maximum Gasteiger partial charge on any atom is 0.270 e. The average molecular weight is 501 g/mol. The highest BCUT2D eigenvalue weighted by atomic mass is 19.1. The number of aromatic nitrogens is 2. The Morgan fingerprint density at radius 2 is 2.11 bits per heavy atom. The third-order valence-electron chi connectivity index (χ3n) is 6.42. The van der Waals surface area contributed by atoms with Crippen LogP contribution in [0.2, 0.25) is 0 Å². The Hall–Kier alpha value is -4.13. The minimum Gasteiger partial charge on any atom is -0.373 e. The van der Waals surface area contributed by atoms with Gasteiger partial charge in [0.15, 0.2) is 5.60 Å². The molecule has 2 amide bonds. The first-order chi connectivity index (χ1) is 17.8. The molecule has 0 saturated carbocycles. The zero-order valence-electron chi connectivity index (χ0n) is 20.2. The Kier molecular flexibility index (Phi) is 6.70. The normalized spacial score (nSPS) is 18.1. The molecule has 3 aromatic rings. The summed E-state index contributed by atoms with van der Waals surface area (Å²) in [5.41, 5.74) is 2.69. The molecule has 2 aromatic heterocycles. The van der Waals surface area contributed by atoms with Gasteiger partial charge < -0.3 is 20.1 Å². The molecule has 2 aliphatic rings. The van der Waals surface area contributed by atoms with E-state index in [1.165, 1.54) is 17.2 Å². The van der Waals surface area contributed by atoms with E-state index in [4.69, 9.17) is 4.74 Å². The molecule has 37 heavy (non-hydrogen) atoms. The number of rotatable bonds is 4. The van der Waals surface area contributed by atoms with Crippen molar-refractivity contribution in [2.45, 2.75) is 30.9 Å². The van der Waals surface area contributed by atoms with Crippen molar-refractivity contribution >= 4 is 17.5 Å². The zero-order chi connectivity index (χ0) is 26.0. The fraction of sp³-hybridized carbons (Fsp3) is 0.286. The van der Waals surface area contributed by atoms with Crippen LogP contribution in [0.4, 0.5) is 10.1 Å². The summed E-state index contributed by atoms with van der Waals surface area (Å²) in [6.45, 7) is 0.369. The van der Waals surface area contributed by atoms with Crippen LogP contribution in [-0.2, 0) is 22.4 Å². The van der Waals surface area contributed by atoms with E-state index >= 15 is 0 Å². The summed E-state index contributed by atoms with van der Waals surface area (Å²) in [4.78, 5) is 35.8. The third-order valence-corrected chi connectivity index (χ3v) is 6.42. The number of pyridine rings is 2. The quantitative estimate of drug-likeness (QED) is 0.420. The molecule has 1 aromatic carbocycles. The summed E-state index contributed by atoms with van der Waals surface area (Å²) < 4.78 is 18.4. The lowest BCUT2D eigenvalue weighted by Gasteiger charge is -2.30. The van der Waals surface area contributed by atoms with Gasteiger partial charge in [-0.3, -0.25) is 14.6 Å². The molecule has 0 unspecified atom stereocenters. The van der Waals surface area contributed by atoms with Gasteiger partial charge in [-0.05, 0) is 60.4 Å². The molecule has 2 aliphatic heterocycles. The first-order valence-electron chi connectivity index (χ1n) is 11.9. The molecular formula is C28H25FN4O4. The predicted octanol–water partition coefficient (Wildman–Crippen LogP) is 2.03. The number of aryl methyl sites for hydroxylation is 1. The topological polar surface area (TPSA) is 105 Å². The number of fused-ring (bicyclic) bond motifs is 1. The van der Waals surface area contributed by atoms with Crippen LogP contribution in [0.1, 0.15) is 39.3 Å². The molecule has 188 valence electrons. The largest absolute Gasteiger partial charge is 0.373 e. The first-order valence-corrected chi connectivity index (χ1v) is 11.9.